The molecule has 2 aliphatic rings. The van der Waals surface area contributed by atoms with E-state index in [4.69, 9.17) is 4.74 Å². The van der Waals surface area contributed by atoms with E-state index in [2.05, 4.69) is 86.1 Å². The standard InChI is InChI=1S/C30H36N4O3/c1-7-20-18(6)29-34-27(20)14-24-17(5)22(9-10-28(35)36)26(32-24)12-19-11-15(3)23(31-19)13-25-16(4)21(8-2)30(33-25)37-29/h11-14,30-34H,7-10H2,1-6H3,(H,35,36)/b24-14-,25-13-,26-12-. The minimum absolute atomic E-state index is 0.0817. The summed E-state index contributed by atoms with van der Waals surface area (Å²) < 4.78 is 6.58. The number of carbonyl (C=O) groups is 1. The van der Waals surface area contributed by atoms with Gasteiger partial charge < -0.3 is 30.1 Å². The largest absolute Gasteiger partial charge is 0.481 e. The van der Waals surface area contributed by atoms with Crippen molar-refractivity contribution in [3.63, 3.8) is 0 Å². The number of nitrogens with one attached hydrogen (secondary N) is 4. The van der Waals surface area contributed by atoms with Crippen LogP contribution in [0.4, 0.5) is 0 Å². The zero-order valence-electron chi connectivity index (χ0n) is 22.5. The van der Waals surface area contributed by atoms with Crippen LogP contribution in [0.1, 0.15) is 78.5 Å². The molecule has 5 heterocycles. The second-order valence-corrected chi connectivity index (χ2v) is 10.1. The highest BCUT2D eigenvalue weighted by Crippen LogP contribution is 2.33. The first-order valence-electron chi connectivity index (χ1n) is 13.1. The van der Waals surface area contributed by atoms with Crippen LogP contribution in [0, 0.1) is 20.8 Å². The number of aromatic nitrogens is 3. The summed E-state index contributed by atoms with van der Waals surface area (Å²) in [6, 6.07) is 2.13. The smallest absolute Gasteiger partial charge is 0.303 e. The molecule has 1 unspecified atom stereocenters. The molecule has 7 nitrogen and oxygen atoms in total. The first-order chi connectivity index (χ1) is 17.7. The Labute approximate surface area is 217 Å². The van der Waals surface area contributed by atoms with Crippen LogP contribution >= 0.6 is 0 Å². The lowest BCUT2D eigenvalue weighted by molar-refractivity contribution is -0.136. The highest BCUT2D eigenvalue weighted by Gasteiger charge is 2.28. The van der Waals surface area contributed by atoms with E-state index in [1.165, 1.54) is 16.7 Å². The van der Waals surface area contributed by atoms with Crippen molar-refractivity contribution in [1.82, 2.24) is 20.3 Å². The summed E-state index contributed by atoms with van der Waals surface area (Å²) in [5, 5.41) is 14.9. The molecule has 0 aromatic carbocycles. The molecular formula is C30H36N4O3. The summed E-state index contributed by atoms with van der Waals surface area (Å²) in [6.07, 6.45) is 8.44. The van der Waals surface area contributed by atoms with Gasteiger partial charge in [0.15, 0.2) is 12.1 Å². The van der Waals surface area contributed by atoms with Gasteiger partial charge in [0, 0.05) is 45.5 Å². The summed E-state index contributed by atoms with van der Waals surface area (Å²) in [6.45, 7) is 12.7. The lowest BCUT2D eigenvalue weighted by atomic mass is 10.1. The van der Waals surface area contributed by atoms with E-state index in [-0.39, 0.29) is 12.6 Å². The van der Waals surface area contributed by atoms with Gasteiger partial charge in [-0.1, -0.05) is 13.8 Å². The zero-order chi connectivity index (χ0) is 26.4. The van der Waals surface area contributed by atoms with Gasteiger partial charge in [-0.25, -0.2) is 0 Å². The maximum Gasteiger partial charge on any atom is 0.303 e. The zero-order valence-corrected chi connectivity index (χ0v) is 22.5. The second-order valence-electron chi connectivity index (χ2n) is 10.1. The van der Waals surface area contributed by atoms with Crippen molar-refractivity contribution in [2.45, 2.75) is 73.5 Å². The molecular weight excluding hydrogens is 464 g/mol. The Balaban J connectivity index is 1.78. The number of carboxylic acid groups (broad SMARTS) is 1. The SMILES string of the molecule is CCC1=C(C)/C2=C/c3[nH]c(cc3C)/C=c3\[nH]/c(c(C)c3CCC(=O)O)=C\c3[nH]c(c(C)c3CC)OC1N2. The molecule has 2 aliphatic heterocycles. The topological polar surface area (TPSA) is 106 Å². The number of carboxylic acids is 1. The molecule has 0 radical (unpaired) electrons. The summed E-state index contributed by atoms with van der Waals surface area (Å²) >= 11 is 0. The fourth-order valence-corrected chi connectivity index (χ4v) is 5.63. The molecule has 0 saturated carbocycles. The Morgan fingerprint density at radius 1 is 0.919 bits per heavy atom. The summed E-state index contributed by atoms with van der Waals surface area (Å²) in [7, 11) is 0. The van der Waals surface area contributed by atoms with Gasteiger partial charge in [0.25, 0.3) is 0 Å². The molecule has 3 aromatic heterocycles. The first kappa shape index (κ1) is 24.8. The summed E-state index contributed by atoms with van der Waals surface area (Å²) in [4.78, 5) is 22.1. The molecule has 7 heteroatoms. The monoisotopic (exact) mass is 500 g/mol. The first-order valence-corrected chi connectivity index (χ1v) is 13.1. The number of aromatic amines is 3. The third kappa shape index (κ3) is 4.43. The number of H-pyrrole nitrogens is 3. The van der Waals surface area contributed by atoms with Crippen molar-refractivity contribution in [3.8, 4) is 5.88 Å². The van der Waals surface area contributed by atoms with Crippen molar-refractivity contribution in [2.75, 3.05) is 0 Å². The number of hydrogen-bond donors (Lipinski definition) is 5. The molecule has 194 valence electrons. The van der Waals surface area contributed by atoms with Gasteiger partial charge in [-0.05, 0) is 105 Å². The summed E-state index contributed by atoms with van der Waals surface area (Å²) in [5.41, 5.74) is 12.1. The number of hydrogen-bond acceptors (Lipinski definition) is 3. The van der Waals surface area contributed by atoms with E-state index >= 15 is 0 Å². The van der Waals surface area contributed by atoms with Crippen LogP contribution in [-0.2, 0) is 17.6 Å². The molecule has 0 spiro atoms. The third-order valence-electron chi connectivity index (χ3n) is 7.82. The van der Waals surface area contributed by atoms with Crippen LogP contribution in [0.25, 0.3) is 18.2 Å². The van der Waals surface area contributed by atoms with Crippen molar-refractivity contribution >= 4 is 24.2 Å². The Bertz CT molecular complexity index is 1570. The van der Waals surface area contributed by atoms with Crippen LogP contribution in [0.3, 0.4) is 0 Å². The normalized spacial score (nSPS) is 19.8. The molecule has 0 saturated heterocycles. The highest BCUT2D eigenvalue weighted by atomic mass is 16.5. The lowest BCUT2D eigenvalue weighted by Crippen LogP contribution is -2.30. The van der Waals surface area contributed by atoms with E-state index in [9.17, 15) is 9.90 Å². The van der Waals surface area contributed by atoms with Crippen LogP contribution in [-0.4, -0.2) is 32.3 Å². The number of allylic oxidation sites excluding steroid dienone is 1. The van der Waals surface area contributed by atoms with E-state index in [1.807, 2.05) is 0 Å². The quantitative estimate of drug-likeness (QED) is 0.362. The third-order valence-corrected chi connectivity index (χ3v) is 7.82. The van der Waals surface area contributed by atoms with Gasteiger partial charge >= 0.3 is 5.97 Å². The Kier molecular flexibility index (Phi) is 6.40. The van der Waals surface area contributed by atoms with Crippen LogP contribution in [0.2, 0.25) is 0 Å². The van der Waals surface area contributed by atoms with Crippen LogP contribution in [0.15, 0.2) is 22.9 Å². The molecule has 0 aliphatic carbocycles. The average Bonchev–Trinajstić information content (AvgIpc) is 3.52. The molecule has 1 atom stereocenters. The van der Waals surface area contributed by atoms with Crippen LogP contribution in [0.5, 0.6) is 5.88 Å². The van der Waals surface area contributed by atoms with E-state index < -0.39 is 5.97 Å². The van der Waals surface area contributed by atoms with Gasteiger partial charge in [-0.2, -0.15) is 0 Å². The van der Waals surface area contributed by atoms with E-state index in [0.29, 0.717) is 6.42 Å². The van der Waals surface area contributed by atoms with Gasteiger partial charge in [0.2, 0.25) is 0 Å². The second kappa shape index (κ2) is 9.54. The number of rotatable bonds is 5. The van der Waals surface area contributed by atoms with Gasteiger partial charge in [0.05, 0.1) is 0 Å². The van der Waals surface area contributed by atoms with Crippen molar-refractivity contribution in [2.24, 2.45) is 0 Å². The minimum atomic E-state index is -0.799. The number of aliphatic carboxylic acids is 1. The van der Waals surface area contributed by atoms with Gasteiger partial charge in [-0.15, -0.1) is 0 Å². The van der Waals surface area contributed by atoms with E-state index in [0.717, 1.165) is 74.5 Å². The van der Waals surface area contributed by atoms with Crippen molar-refractivity contribution < 1.29 is 14.6 Å². The van der Waals surface area contributed by atoms with E-state index in [1.54, 1.807) is 0 Å². The highest BCUT2D eigenvalue weighted by molar-refractivity contribution is 5.68. The number of fused-ring (bicyclic) bond motifs is 8. The molecule has 0 amide bonds. The molecule has 3 aromatic rings. The average molecular weight is 501 g/mol. The molecule has 8 bridgehead atoms. The predicted molar refractivity (Wildman–Crippen MR) is 147 cm³/mol. The lowest BCUT2D eigenvalue weighted by Gasteiger charge is -2.17. The fraction of sp³-hybridized carbons (Fsp3) is 0.367. The fourth-order valence-electron chi connectivity index (χ4n) is 5.63. The predicted octanol–water partition coefficient (Wildman–Crippen LogP) is 4.22. The number of ether oxygens (including phenoxy) is 1. The Hall–Kier alpha value is -3.87. The number of aryl methyl sites for hydroxylation is 1. The van der Waals surface area contributed by atoms with Crippen molar-refractivity contribution in [1.29, 1.82) is 0 Å². The van der Waals surface area contributed by atoms with Gasteiger partial charge in [0.1, 0.15) is 0 Å². The Morgan fingerprint density at radius 3 is 2.41 bits per heavy atom. The minimum Gasteiger partial charge on any atom is -0.481 e. The molecule has 37 heavy (non-hydrogen) atoms. The van der Waals surface area contributed by atoms with Crippen molar-refractivity contribution in [3.05, 3.63) is 78.5 Å². The van der Waals surface area contributed by atoms with Gasteiger partial charge in [-0.3, -0.25) is 4.79 Å². The Morgan fingerprint density at radius 2 is 1.70 bits per heavy atom. The summed E-state index contributed by atoms with van der Waals surface area (Å²) in [5.74, 6) is -0.0271. The molecule has 5 rings (SSSR count). The van der Waals surface area contributed by atoms with Crippen LogP contribution < -0.4 is 20.8 Å². The maximum atomic E-state index is 11.4. The molecule has 0 fully saturated rings. The maximum absolute atomic E-state index is 11.4. The molecule has 5 N–H and O–H groups in total.